The van der Waals surface area contributed by atoms with Crippen molar-refractivity contribution < 1.29 is 18.4 Å². The summed E-state index contributed by atoms with van der Waals surface area (Å²) >= 11 is 0. The molecule has 0 aliphatic carbocycles. The van der Waals surface area contributed by atoms with Crippen molar-refractivity contribution in [3.63, 3.8) is 0 Å². The molecule has 1 atom stereocenters. The van der Waals surface area contributed by atoms with E-state index in [9.17, 15) is 9.18 Å². The molecule has 0 aliphatic rings. The largest absolute Gasteiger partial charge is 0.481 e. The van der Waals surface area contributed by atoms with Gasteiger partial charge in [0.25, 0.3) is 11.8 Å². The number of hydrogen-bond acceptors (Lipinski definition) is 5. The minimum absolute atomic E-state index is 0.123. The zero-order chi connectivity index (χ0) is 19.2. The SMILES string of the molecule is C[C@@H](Oc1ccccc1)C(=O)N(C)CCc1noc(-c2ccccc2F)n1. The standard InChI is InChI=1S/C20H20FN3O3/c1-14(26-15-8-4-3-5-9-15)20(25)24(2)13-12-18-22-19(27-23-18)16-10-6-7-11-17(16)21/h3-11,14H,12-13H2,1-2H3/t14-/m1/s1. The van der Waals surface area contributed by atoms with Crippen molar-refractivity contribution in [2.45, 2.75) is 19.4 Å². The maximum Gasteiger partial charge on any atom is 0.263 e. The number of carbonyl (C=O) groups excluding carboxylic acids is 1. The maximum atomic E-state index is 13.8. The normalized spacial score (nSPS) is 11.8. The van der Waals surface area contributed by atoms with Gasteiger partial charge in [0.05, 0.1) is 5.56 Å². The fraction of sp³-hybridized carbons (Fsp3) is 0.250. The van der Waals surface area contributed by atoms with Crippen molar-refractivity contribution in [3.8, 4) is 17.2 Å². The Morgan fingerprint density at radius 2 is 1.89 bits per heavy atom. The third kappa shape index (κ3) is 4.69. The Morgan fingerprint density at radius 1 is 1.19 bits per heavy atom. The van der Waals surface area contributed by atoms with Crippen LogP contribution in [-0.2, 0) is 11.2 Å². The zero-order valence-corrected chi connectivity index (χ0v) is 15.1. The summed E-state index contributed by atoms with van der Waals surface area (Å²) in [4.78, 5) is 18.2. The van der Waals surface area contributed by atoms with E-state index < -0.39 is 11.9 Å². The van der Waals surface area contributed by atoms with Crippen molar-refractivity contribution in [1.29, 1.82) is 0 Å². The van der Waals surface area contributed by atoms with E-state index in [0.717, 1.165) is 0 Å². The molecule has 0 bridgehead atoms. The molecule has 1 amide bonds. The Kier molecular flexibility index (Phi) is 5.80. The first-order chi connectivity index (χ1) is 13.0. The van der Waals surface area contributed by atoms with Crippen molar-refractivity contribution >= 4 is 5.91 Å². The molecule has 140 valence electrons. The van der Waals surface area contributed by atoms with Gasteiger partial charge in [0.15, 0.2) is 11.9 Å². The highest BCUT2D eigenvalue weighted by Gasteiger charge is 2.20. The molecule has 27 heavy (non-hydrogen) atoms. The van der Waals surface area contributed by atoms with Crippen LogP contribution in [0.5, 0.6) is 5.75 Å². The van der Waals surface area contributed by atoms with E-state index in [0.29, 0.717) is 24.5 Å². The number of para-hydroxylation sites is 1. The zero-order valence-electron chi connectivity index (χ0n) is 15.1. The first kappa shape index (κ1) is 18.6. The second-order valence-electron chi connectivity index (χ2n) is 6.08. The summed E-state index contributed by atoms with van der Waals surface area (Å²) in [6.45, 7) is 2.09. The van der Waals surface area contributed by atoms with Crippen LogP contribution >= 0.6 is 0 Å². The third-order valence-electron chi connectivity index (χ3n) is 4.02. The van der Waals surface area contributed by atoms with Crippen LogP contribution in [0, 0.1) is 5.82 Å². The number of carbonyl (C=O) groups is 1. The molecule has 0 aliphatic heterocycles. The van der Waals surface area contributed by atoms with Gasteiger partial charge in [-0.1, -0.05) is 35.5 Å². The van der Waals surface area contributed by atoms with Crippen LogP contribution in [-0.4, -0.2) is 40.6 Å². The molecule has 7 heteroatoms. The lowest BCUT2D eigenvalue weighted by molar-refractivity contribution is -0.136. The van der Waals surface area contributed by atoms with E-state index >= 15 is 0 Å². The molecule has 0 unspecified atom stereocenters. The van der Waals surface area contributed by atoms with Crippen LogP contribution < -0.4 is 4.74 Å². The Hall–Kier alpha value is -3.22. The van der Waals surface area contributed by atoms with Crippen molar-refractivity contribution in [3.05, 3.63) is 66.2 Å². The molecule has 3 rings (SSSR count). The van der Waals surface area contributed by atoms with E-state index in [2.05, 4.69) is 10.1 Å². The van der Waals surface area contributed by atoms with Gasteiger partial charge >= 0.3 is 0 Å². The van der Waals surface area contributed by atoms with E-state index in [4.69, 9.17) is 9.26 Å². The van der Waals surface area contributed by atoms with Crippen molar-refractivity contribution in [1.82, 2.24) is 15.0 Å². The monoisotopic (exact) mass is 369 g/mol. The van der Waals surface area contributed by atoms with Crippen LogP contribution in [0.4, 0.5) is 4.39 Å². The lowest BCUT2D eigenvalue weighted by Crippen LogP contribution is -2.39. The van der Waals surface area contributed by atoms with Crippen LogP contribution in [0.2, 0.25) is 0 Å². The number of aromatic nitrogens is 2. The first-order valence-corrected chi connectivity index (χ1v) is 8.59. The molecule has 1 aromatic heterocycles. The fourth-order valence-corrected chi connectivity index (χ4v) is 2.54. The molecule has 0 radical (unpaired) electrons. The van der Waals surface area contributed by atoms with E-state index in [1.807, 2.05) is 18.2 Å². The number of benzene rings is 2. The fourth-order valence-electron chi connectivity index (χ4n) is 2.54. The molecule has 0 N–H and O–H groups in total. The highest BCUT2D eigenvalue weighted by Crippen LogP contribution is 2.20. The molecule has 0 saturated heterocycles. The molecule has 0 spiro atoms. The molecule has 3 aromatic rings. The van der Waals surface area contributed by atoms with E-state index in [1.54, 1.807) is 49.2 Å². The average Bonchev–Trinajstić information content (AvgIpc) is 3.15. The van der Waals surface area contributed by atoms with E-state index in [-0.39, 0.29) is 17.4 Å². The first-order valence-electron chi connectivity index (χ1n) is 8.59. The van der Waals surface area contributed by atoms with E-state index in [1.165, 1.54) is 6.07 Å². The van der Waals surface area contributed by atoms with Crippen molar-refractivity contribution in [2.24, 2.45) is 0 Å². The number of ether oxygens (including phenoxy) is 1. The number of likely N-dealkylation sites (N-methyl/N-ethyl adjacent to an activating group) is 1. The maximum absolute atomic E-state index is 13.8. The summed E-state index contributed by atoms with van der Waals surface area (Å²) < 4.78 is 24.5. The number of nitrogens with zero attached hydrogens (tertiary/aromatic N) is 3. The lowest BCUT2D eigenvalue weighted by atomic mass is 10.2. The highest BCUT2D eigenvalue weighted by molar-refractivity contribution is 5.80. The molecule has 6 nitrogen and oxygen atoms in total. The van der Waals surface area contributed by atoms with Gasteiger partial charge in [-0.3, -0.25) is 4.79 Å². The van der Waals surface area contributed by atoms with Crippen LogP contribution in [0.15, 0.2) is 59.1 Å². The quantitative estimate of drug-likeness (QED) is 0.639. The van der Waals surface area contributed by atoms with Gasteiger partial charge in [-0.2, -0.15) is 4.98 Å². The Morgan fingerprint density at radius 3 is 2.63 bits per heavy atom. The highest BCUT2D eigenvalue weighted by atomic mass is 19.1. The second-order valence-corrected chi connectivity index (χ2v) is 6.08. The number of amides is 1. The smallest absolute Gasteiger partial charge is 0.263 e. The lowest BCUT2D eigenvalue weighted by Gasteiger charge is -2.21. The van der Waals surface area contributed by atoms with Gasteiger partial charge < -0.3 is 14.2 Å². The Labute approximate surface area is 156 Å². The third-order valence-corrected chi connectivity index (χ3v) is 4.02. The summed E-state index contributed by atoms with van der Waals surface area (Å²) in [5, 5.41) is 3.86. The average molecular weight is 369 g/mol. The summed E-state index contributed by atoms with van der Waals surface area (Å²) in [6.07, 6.45) is -0.227. The predicted octanol–water partition coefficient (Wildman–Crippen LogP) is 3.34. The molecule has 0 saturated carbocycles. The van der Waals surface area contributed by atoms with Crippen LogP contribution in [0.25, 0.3) is 11.5 Å². The number of hydrogen-bond donors (Lipinski definition) is 0. The van der Waals surface area contributed by atoms with Gasteiger partial charge in [0.2, 0.25) is 0 Å². The molecular formula is C20H20FN3O3. The summed E-state index contributed by atoms with van der Waals surface area (Å²) in [5.41, 5.74) is 0.255. The second kappa shape index (κ2) is 8.44. The summed E-state index contributed by atoms with van der Waals surface area (Å²) in [6, 6.07) is 15.4. The molecule has 0 fully saturated rings. The topological polar surface area (TPSA) is 68.5 Å². The number of halogens is 1. The minimum Gasteiger partial charge on any atom is -0.481 e. The number of rotatable bonds is 7. The van der Waals surface area contributed by atoms with Gasteiger partial charge in [-0.05, 0) is 31.2 Å². The van der Waals surface area contributed by atoms with Crippen LogP contribution in [0.3, 0.4) is 0 Å². The van der Waals surface area contributed by atoms with Gasteiger partial charge in [-0.25, -0.2) is 4.39 Å². The summed E-state index contributed by atoms with van der Waals surface area (Å²) in [7, 11) is 1.69. The van der Waals surface area contributed by atoms with Gasteiger partial charge in [-0.15, -0.1) is 0 Å². The van der Waals surface area contributed by atoms with Crippen molar-refractivity contribution in [2.75, 3.05) is 13.6 Å². The molecule has 1 heterocycles. The van der Waals surface area contributed by atoms with Gasteiger partial charge in [0.1, 0.15) is 11.6 Å². The predicted molar refractivity (Wildman–Crippen MR) is 97.6 cm³/mol. The molecular weight excluding hydrogens is 349 g/mol. The summed E-state index contributed by atoms with van der Waals surface area (Å²) in [5.74, 6) is 0.588. The van der Waals surface area contributed by atoms with Crippen LogP contribution in [0.1, 0.15) is 12.7 Å². The Bertz CT molecular complexity index is 898. The van der Waals surface area contributed by atoms with Gasteiger partial charge in [0, 0.05) is 20.0 Å². The molecule has 2 aromatic carbocycles. The Balaban J connectivity index is 1.55. The minimum atomic E-state index is -0.614.